The lowest BCUT2D eigenvalue weighted by Gasteiger charge is -2.03. The van der Waals surface area contributed by atoms with Crippen LogP contribution in [0.5, 0.6) is 0 Å². The van der Waals surface area contributed by atoms with E-state index in [0.29, 0.717) is 0 Å². The van der Waals surface area contributed by atoms with Crippen molar-refractivity contribution in [3.8, 4) is 0 Å². The third-order valence-corrected chi connectivity index (χ3v) is 3.17. The van der Waals surface area contributed by atoms with E-state index in [1.165, 1.54) is 64.2 Å². The lowest BCUT2D eigenvalue weighted by Crippen LogP contribution is -2.17. The zero-order valence-corrected chi connectivity index (χ0v) is 13.1. The number of alkyl halides is 1. The molecule has 0 saturated carbocycles. The van der Waals surface area contributed by atoms with E-state index in [1.807, 2.05) is 0 Å². The quantitative estimate of drug-likeness (QED) is 0.364. The minimum atomic E-state index is 0. The lowest BCUT2D eigenvalue weighted by atomic mass is 10.1. The summed E-state index contributed by atoms with van der Waals surface area (Å²) >= 11 is 5.57. The van der Waals surface area contributed by atoms with Gasteiger partial charge in [0.05, 0.1) is 0 Å². The fourth-order valence-corrected chi connectivity index (χ4v) is 2.06. The van der Waals surface area contributed by atoms with Gasteiger partial charge in [-0.2, -0.15) is 0 Å². The third kappa shape index (κ3) is 19.1. The first-order valence-electron chi connectivity index (χ1n) is 7.18. The van der Waals surface area contributed by atoms with E-state index in [1.54, 1.807) is 0 Å². The fraction of sp³-hybridized carbons (Fsp3) is 1.00. The average molecular weight is 284 g/mol. The molecule has 0 aromatic rings. The molecule has 0 atom stereocenters. The van der Waals surface area contributed by atoms with Gasteiger partial charge in [0.25, 0.3) is 0 Å². The van der Waals surface area contributed by atoms with Gasteiger partial charge in [0.15, 0.2) is 0 Å². The first-order valence-corrected chi connectivity index (χ1v) is 7.72. The van der Waals surface area contributed by atoms with Crippen LogP contribution < -0.4 is 5.32 Å². The molecular weight excluding hydrogens is 253 g/mol. The summed E-state index contributed by atoms with van der Waals surface area (Å²) in [5, 5.41) is 3.33. The fourth-order valence-electron chi connectivity index (χ4n) is 1.93. The van der Waals surface area contributed by atoms with Crippen molar-refractivity contribution in [3.05, 3.63) is 0 Å². The van der Waals surface area contributed by atoms with Crippen molar-refractivity contribution >= 4 is 24.0 Å². The van der Waals surface area contributed by atoms with Gasteiger partial charge in [0, 0.05) is 12.4 Å². The van der Waals surface area contributed by atoms with E-state index in [2.05, 4.69) is 12.2 Å². The highest BCUT2D eigenvalue weighted by Crippen LogP contribution is 2.10. The van der Waals surface area contributed by atoms with Gasteiger partial charge in [0.1, 0.15) is 0 Å². The van der Waals surface area contributed by atoms with Crippen molar-refractivity contribution in [3.63, 3.8) is 0 Å². The summed E-state index contributed by atoms with van der Waals surface area (Å²) in [5.74, 6) is 0.734. The molecule has 0 amide bonds. The Hall–Kier alpha value is 0.540. The Labute approximate surface area is 119 Å². The number of rotatable bonds is 13. The topological polar surface area (TPSA) is 12.0 Å². The van der Waals surface area contributed by atoms with Crippen LogP contribution in [0.4, 0.5) is 0 Å². The van der Waals surface area contributed by atoms with Gasteiger partial charge in [-0.3, -0.25) is 0 Å². The van der Waals surface area contributed by atoms with Gasteiger partial charge >= 0.3 is 0 Å². The van der Waals surface area contributed by atoms with Crippen molar-refractivity contribution in [1.29, 1.82) is 0 Å². The SMILES string of the molecule is CCCCCCCCCCCCNCCCl.Cl. The maximum Gasteiger partial charge on any atom is 0.0348 e. The normalized spacial score (nSPS) is 10.2. The van der Waals surface area contributed by atoms with Gasteiger partial charge in [0.2, 0.25) is 0 Å². The van der Waals surface area contributed by atoms with Crippen LogP contribution in [-0.2, 0) is 0 Å². The number of hydrogen-bond donors (Lipinski definition) is 1. The molecule has 1 N–H and O–H groups in total. The van der Waals surface area contributed by atoms with Gasteiger partial charge in [-0.15, -0.1) is 24.0 Å². The van der Waals surface area contributed by atoms with Crippen molar-refractivity contribution in [2.24, 2.45) is 0 Å². The molecule has 106 valence electrons. The molecule has 0 heterocycles. The Bertz CT molecular complexity index is 107. The lowest BCUT2D eigenvalue weighted by molar-refractivity contribution is 0.547. The summed E-state index contributed by atoms with van der Waals surface area (Å²) in [6.07, 6.45) is 14.1. The molecule has 0 radical (unpaired) electrons. The summed E-state index contributed by atoms with van der Waals surface area (Å²) in [5.41, 5.74) is 0. The van der Waals surface area contributed by atoms with Gasteiger partial charge < -0.3 is 5.32 Å². The Balaban J connectivity index is 0. The monoisotopic (exact) mass is 283 g/mol. The summed E-state index contributed by atoms with van der Waals surface area (Å²) < 4.78 is 0. The van der Waals surface area contributed by atoms with Crippen molar-refractivity contribution in [2.75, 3.05) is 19.0 Å². The second-order valence-electron chi connectivity index (χ2n) is 4.62. The van der Waals surface area contributed by atoms with Crippen LogP contribution in [0.2, 0.25) is 0 Å². The molecule has 3 heteroatoms. The second-order valence-corrected chi connectivity index (χ2v) is 5.00. The summed E-state index contributed by atoms with van der Waals surface area (Å²) in [6.45, 7) is 4.38. The molecule has 0 saturated heterocycles. The molecule has 0 bridgehead atoms. The molecule has 0 aliphatic carbocycles. The minimum absolute atomic E-state index is 0. The standard InChI is InChI=1S/C14H30ClN.ClH/c1-2-3-4-5-6-7-8-9-10-11-13-16-14-12-15;/h16H,2-14H2,1H3;1H. The second kappa shape index (κ2) is 18.9. The van der Waals surface area contributed by atoms with Crippen LogP contribution in [0.15, 0.2) is 0 Å². The van der Waals surface area contributed by atoms with Crippen molar-refractivity contribution < 1.29 is 0 Å². The zero-order valence-electron chi connectivity index (χ0n) is 11.5. The number of nitrogens with one attached hydrogen (secondary N) is 1. The highest BCUT2D eigenvalue weighted by molar-refractivity contribution is 6.18. The smallest absolute Gasteiger partial charge is 0.0348 e. The first kappa shape index (κ1) is 19.9. The van der Waals surface area contributed by atoms with E-state index in [-0.39, 0.29) is 12.4 Å². The minimum Gasteiger partial charge on any atom is -0.316 e. The molecule has 0 aliphatic rings. The van der Waals surface area contributed by atoms with Crippen LogP contribution in [0.25, 0.3) is 0 Å². The van der Waals surface area contributed by atoms with Gasteiger partial charge in [-0.1, -0.05) is 64.7 Å². The number of unbranched alkanes of at least 4 members (excludes halogenated alkanes) is 9. The van der Waals surface area contributed by atoms with Gasteiger partial charge in [-0.25, -0.2) is 0 Å². The number of halogens is 2. The van der Waals surface area contributed by atoms with E-state index in [0.717, 1.165) is 19.0 Å². The van der Waals surface area contributed by atoms with Crippen LogP contribution in [0, 0.1) is 0 Å². The van der Waals surface area contributed by atoms with Crippen molar-refractivity contribution in [1.82, 2.24) is 5.32 Å². The van der Waals surface area contributed by atoms with Crippen LogP contribution >= 0.6 is 24.0 Å². The summed E-state index contributed by atoms with van der Waals surface area (Å²) in [7, 11) is 0. The van der Waals surface area contributed by atoms with E-state index >= 15 is 0 Å². The average Bonchev–Trinajstić information content (AvgIpc) is 2.31. The Morgan fingerprint density at radius 2 is 1.18 bits per heavy atom. The molecule has 0 spiro atoms. The molecule has 0 aromatic heterocycles. The molecule has 1 nitrogen and oxygen atoms in total. The number of hydrogen-bond acceptors (Lipinski definition) is 1. The Morgan fingerprint density at radius 3 is 1.65 bits per heavy atom. The van der Waals surface area contributed by atoms with Crippen molar-refractivity contribution in [2.45, 2.75) is 71.1 Å². The van der Waals surface area contributed by atoms with Gasteiger partial charge in [-0.05, 0) is 13.0 Å². The zero-order chi connectivity index (χ0) is 11.9. The Kier molecular flexibility index (Phi) is 22.1. The molecule has 17 heavy (non-hydrogen) atoms. The van der Waals surface area contributed by atoms with Crippen LogP contribution in [-0.4, -0.2) is 19.0 Å². The molecule has 0 fully saturated rings. The molecule has 0 unspecified atom stereocenters. The molecule has 0 aromatic carbocycles. The predicted molar refractivity (Wildman–Crippen MR) is 82.7 cm³/mol. The van der Waals surface area contributed by atoms with Crippen LogP contribution in [0.1, 0.15) is 71.1 Å². The Morgan fingerprint density at radius 1 is 0.706 bits per heavy atom. The van der Waals surface area contributed by atoms with E-state index in [9.17, 15) is 0 Å². The molecular formula is C14H31Cl2N. The summed E-state index contributed by atoms with van der Waals surface area (Å²) in [4.78, 5) is 0. The van der Waals surface area contributed by atoms with Crippen LogP contribution in [0.3, 0.4) is 0 Å². The largest absolute Gasteiger partial charge is 0.316 e. The third-order valence-electron chi connectivity index (χ3n) is 2.98. The molecule has 0 aliphatic heterocycles. The molecule has 0 rings (SSSR count). The van der Waals surface area contributed by atoms with E-state index in [4.69, 9.17) is 11.6 Å². The maximum absolute atomic E-state index is 5.57. The summed E-state index contributed by atoms with van der Waals surface area (Å²) in [6, 6.07) is 0. The highest BCUT2D eigenvalue weighted by Gasteiger charge is 1.92. The first-order chi connectivity index (χ1) is 7.91. The predicted octanol–water partition coefficient (Wildman–Crippen LogP) is 5.16. The maximum atomic E-state index is 5.57. The highest BCUT2D eigenvalue weighted by atomic mass is 35.5. The van der Waals surface area contributed by atoms with E-state index < -0.39 is 0 Å².